The minimum Gasteiger partial charge on any atom is -0.504 e. The van der Waals surface area contributed by atoms with Gasteiger partial charge in [-0.3, -0.25) is 0 Å². The van der Waals surface area contributed by atoms with Crippen molar-refractivity contribution in [1.82, 2.24) is 10.1 Å². The molecule has 3 aromatic rings. The van der Waals surface area contributed by atoms with Crippen molar-refractivity contribution in [2.24, 2.45) is 5.73 Å². The van der Waals surface area contributed by atoms with E-state index in [0.29, 0.717) is 23.7 Å². The fraction of sp³-hybridized carbons (Fsp3) is 0.143. The van der Waals surface area contributed by atoms with E-state index in [1.165, 1.54) is 24.7 Å². The van der Waals surface area contributed by atoms with Crippen molar-refractivity contribution in [3.63, 3.8) is 0 Å². The topological polar surface area (TPSA) is 119 Å². The van der Waals surface area contributed by atoms with Crippen LogP contribution in [0.5, 0.6) is 11.5 Å². The summed E-state index contributed by atoms with van der Waals surface area (Å²) in [5.41, 5.74) is 7.48. The summed E-state index contributed by atoms with van der Waals surface area (Å²) in [5, 5.41) is 22.6. The molecule has 108 valence electrons. The molecule has 2 heterocycles. The van der Waals surface area contributed by atoms with Crippen molar-refractivity contribution < 1.29 is 19.2 Å². The molecule has 0 aliphatic heterocycles. The molecule has 1 unspecified atom stereocenters. The SMILES string of the molecule is NC(Cc1ccc(O)c(O)c1)c1nc(-c2ccoc2)no1. The minimum absolute atomic E-state index is 0.174. The van der Waals surface area contributed by atoms with Gasteiger partial charge in [0.05, 0.1) is 17.9 Å². The van der Waals surface area contributed by atoms with Gasteiger partial charge in [0, 0.05) is 0 Å². The van der Waals surface area contributed by atoms with Gasteiger partial charge >= 0.3 is 0 Å². The summed E-state index contributed by atoms with van der Waals surface area (Å²) in [5.74, 6) is 0.332. The Morgan fingerprint density at radius 2 is 2.05 bits per heavy atom. The normalized spacial score (nSPS) is 12.4. The largest absolute Gasteiger partial charge is 0.504 e. The predicted molar refractivity (Wildman–Crippen MR) is 72.4 cm³/mol. The Morgan fingerprint density at radius 1 is 1.19 bits per heavy atom. The maximum Gasteiger partial charge on any atom is 0.244 e. The Labute approximate surface area is 119 Å². The number of rotatable bonds is 4. The van der Waals surface area contributed by atoms with Crippen molar-refractivity contribution in [2.75, 3.05) is 0 Å². The van der Waals surface area contributed by atoms with E-state index in [2.05, 4.69) is 10.1 Å². The molecule has 7 nitrogen and oxygen atoms in total. The maximum absolute atomic E-state index is 9.46. The first-order valence-electron chi connectivity index (χ1n) is 6.26. The second-order valence-corrected chi connectivity index (χ2v) is 4.60. The zero-order chi connectivity index (χ0) is 14.8. The molecule has 1 atom stereocenters. The van der Waals surface area contributed by atoms with Crippen LogP contribution in [0.15, 0.2) is 45.7 Å². The molecule has 1 aromatic carbocycles. The summed E-state index contributed by atoms with van der Waals surface area (Å²) < 4.78 is 10.1. The summed E-state index contributed by atoms with van der Waals surface area (Å²) in [6.07, 6.45) is 3.42. The monoisotopic (exact) mass is 287 g/mol. The van der Waals surface area contributed by atoms with Gasteiger partial charge < -0.3 is 24.9 Å². The third kappa shape index (κ3) is 2.72. The van der Waals surface area contributed by atoms with Gasteiger partial charge in [-0.2, -0.15) is 4.98 Å². The number of furan rings is 1. The summed E-state index contributed by atoms with van der Waals surface area (Å²) in [6.45, 7) is 0. The Balaban J connectivity index is 1.76. The number of hydrogen-bond donors (Lipinski definition) is 3. The second kappa shape index (κ2) is 5.29. The number of aromatic nitrogens is 2. The highest BCUT2D eigenvalue weighted by molar-refractivity contribution is 5.51. The third-order valence-corrected chi connectivity index (χ3v) is 3.03. The highest BCUT2D eigenvalue weighted by Gasteiger charge is 2.17. The molecular formula is C14H13N3O4. The van der Waals surface area contributed by atoms with Gasteiger partial charge in [-0.1, -0.05) is 11.2 Å². The average Bonchev–Trinajstić information content (AvgIpc) is 3.12. The van der Waals surface area contributed by atoms with Crippen LogP contribution in [0, 0.1) is 0 Å². The lowest BCUT2D eigenvalue weighted by molar-refractivity contribution is 0.354. The van der Waals surface area contributed by atoms with Crippen LogP contribution in [-0.4, -0.2) is 20.4 Å². The Bertz CT molecular complexity index is 737. The molecule has 0 spiro atoms. The third-order valence-electron chi connectivity index (χ3n) is 3.03. The van der Waals surface area contributed by atoms with E-state index in [4.69, 9.17) is 14.7 Å². The van der Waals surface area contributed by atoms with Crippen LogP contribution in [0.3, 0.4) is 0 Å². The van der Waals surface area contributed by atoms with Crippen LogP contribution in [0.2, 0.25) is 0 Å². The fourth-order valence-corrected chi connectivity index (χ4v) is 1.93. The van der Waals surface area contributed by atoms with E-state index in [-0.39, 0.29) is 11.5 Å². The van der Waals surface area contributed by atoms with Crippen LogP contribution >= 0.6 is 0 Å². The molecule has 3 rings (SSSR count). The smallest absolute Gasteiger partial charge is 0.244 e. The Hall–Kier alpha value is -2.80. The number of nitrogens with two attached hydrogens (primary N) is 1. The zero-order valence-electron chi connectivity index (χ0n) is 10.9. The van der Waals surface area contributed by atoms with E-state index in [0.717, 1.165) is 5.56 Å². The molecule has 0 aliphatic carbocycles. The maximum atomic E-state index is 9.46. The first-order valence-corrected chi connectivity index (χ1v) is 6.26. The molecule has 0 saturated heterocycles. The molecule has 4 N–H and O–H groups in total. The molecule has 0 bridgehead atoms. The van der Waals surface area contributed by atoms with Crippen molar-refractivity contribution in [3.05, 3.63) is 48.2 Å². The molecule has 0 aliphatic rings. The van der Waals surface area contributed by atoms with E-state index >= 15 is 0 Å². The number of benzene rings is 1. The lowest BCUT2D eigenvalue weighted by Crippen LogP contribution is -2.13. The van der Waals surface area contributed by atoms with Crippen molar-refractivity contribution in [3.8, 4) is 22.9 Å². The molecular weight excluding hydrogens is 274 g/mol. The minimum atomic E-state index is -0.512. The Morgan fingerprint density at radius 3 is 2.76 bits per heavy atom. The van der Waals surface area contributed by atoms with Gasteiger partial charge in [0.1, 0.15) is 6.26 Å². The molecule has 7 heteroatoms. The predicted octanol–water partition coefficient (Wildman–Crippen LogP) is 1.98. The number of nitrogens with zero attached hydrogens (tertiary/aromatic N) is 2. The van der Waals surface area contributed by atoms with E-state index in [9.17, 15) is 10.2 Å². The molecule has 0 fully saturated rings. The summed E-state index contributed by atoms with van der Waals surface area (Å²) in [7, 11) is 0. The van der Waals surface area contributed by atoms with Crippen LogP contribution < -0.4 is 5.73 Å². The molecule has 0 radical (unpaired) electrons. The first kappa shape index (κ1) is 13.2. The first-order chi connectivity index (χ1) is 10.1. The Kier molecular flexibility index (Phi) is 3.33. The van der Waals surface area contributed by atoms with Gasteiger partial charge in [0.15, 0.2) is 11.5 Å². The van der Waals surface area contributed by atoms with Crippen LogP contribution in [0.25, 0.3) is 11.4 Å². The van der Waals surface area contributed by atoms with Crippen LogP contribution in [-0.2, 0) is 6.42 Å². The molecule has 2 aromatic heterocycles. The highest BCUT2D eigenvalue weighted by Crippen LogP contribution is 2.27. The van der Waals surface area contributed by atoms with Gasteiger partial charge in [0.25, 0.3) is 0 Å². The molecule has 21 heavy (non-hydrogen) atoms. The number of hydrogen-bond acceptors (Lipinski definition) is 7. The van der Waals surface area contributed by atoms with Crippen LogP contribution in [0.4, 0.5) is 0 Å². The van der Waals surface area contributed by atoms with E-state index in [1.807, 2.05) is 0 Å². The lowest BCUT2D eigenvalue weighted by Gasteiger charge is -2.07. The standard InChI is InChI=1S/C14H13N3O4/c15-10(5-8-1-2-11(18)12(19)6-8)14-16-13(17-21-14)9-3-4-20-7-9/h1-4,6-7,10,18-19H,5,15H2. The zero-order valence-corrected chi connectivity index (χ0v) is 10.9. The molecule has 0 saturated carbocycles. The van der Waals surface area contributed by atoms with Crippen LogP contribution in [0.1, 0.15) is 17.5 Å². The van der Waals surface area contributed by atoms with Crippen molar-refractivity contribution in [2.45, 2.75) is 12.5 Å². The number of phenolic OH excluding ortho intramolecular Hbond substituents is 2. The van der Waals surface area contributed by atoms with Crippen molar-refractivity contribution >= 4 is 0 Å². The average molecular weight is 287 g/mol. The van der Waals surface area contributed by atoms with Gasteiger partial charge in [0.2, 0.25) is 11.7 Å². The van der Waals surface area contributed by atoms with E-state index < -0.39 is 6.04 Å². The molecule has 0 amide bonds. The second-order valence-electron chi connectivity index (χ2n) is 4.60. The van der Waals surface area contributed by atoms with E-state index in [1.54, 1.807) is 12.1 Å². The van der Waals surface area contributed by atoms with Crippen molar-refractivity contribution in [1.29, 1.82) is 0 Å². The summed E-state index contributed by atoms with van der Waals surface area (Å²) >= 11 is 0. The lowest BCUT2D eigenvalue weighted by atomic mass is 10.1. The van der Waals surface area contributed by atoms with Gasteiger partial charge in [-0.05, 0) is 30.2 Å². The van der Waals surface area contributed by atoms with Gasteiger partial charge in [-0.25, -0.2) is 0 Å². The number of aromatic hydroxyl groups is 2. The highest BCUT2D eigenvalue weighted by atomic mass is 16.5. The summed E-state index contributed by atoms with van der Waals surface area (Å²) in [4.78, 5) is 4.21. The van der Waals surface area contributed by atoms with Gasteiger partial charge in [-0.15, -0.1) is 0 Å². The summed E-state index contributed by atoms with van der Waals surface area (Å²) in [6, 6.07) is 5.73. The quantitative estimate of drug-likeness (QED) is 0.628. The fourth-order valence-electron chi connectivity index (χ4n) is 1.93. The number of phenols is 2.